The molecule has 0 rings (SSSR count). The monoisotopic (exact) mass is 195 g/mol. The SMILES string of the molecule is [2H]P([B])C(O)(CP=S)[SiH2]C. The van der Waals surface area contributed by atoms with E-state index in [1.54, 1.807) is 0 Å². The molecule has 50 valence electrons. The normalized spacial score (nSPS) is 24.0. The third kappa shape index (κ3) is 3.80. The second-order valence-electron chi connectivity index (χ2n) is 1.75. The molecule has 1 N–H and O–H groups in total. The van der Waals surface area contributed by atoms with Crippen LogP contribution in [0.25, 0.3) is 0 Å². The summed E-state index contributed by atoms with van der Waals surface area (Å²) in [4.78, 5) is -0.876. The molecule has 6 heteroatoms. The summed E-state index contributed by atoms with van der Waals surface area (Å²) in [5.41, 5.74) is 0. The quantitative estimate of drug-likeness (QED) is 0.504. The molecule has 2 radical (unpaired) electrons. The predicted molar refractivity (Wildman–Crippen MR) is 52.6 cm³/mol. The minimum Gasteiger partial charge on any atom is -0.390 e. The summed E-state index contributed by atoms with van der Waals surface area (Å²) in [7, 11) is 3.97. The van der Waals surface area contributed by atoms with E-state index in [4.69, 9.17) is 20.7 Å². The molecule has 0 aliphatic heterocycles. The Morgan fingerprint density at radius 2 is 2.78 bits per heavy atom. The molecule has 0 amide bonds. The van der Waals surface area contributed by atoms with Crippen molar-refractivity contribution < 1.29 is 5.11 Å². The first-order chi connectivity index (χ1) is 4.56. The highest BCUT2D eigenvalue weighted by Gasteiger charge is 2.19. The summed E-state index contributed by atoms with van der Waals surface area (Å²) in [6.45, 7) is 1.96. The molecule has 0 saturated heterocycles. The summed E-state index contributed by atoms with van der Waals surface area (Å²) in [6, 6.07) is 0. The molecular weight excluding hydrogens is 185 g/mol. The third-order valence-electron chi connectivity index (χ3n) is 1.12. The van der Waals surface area contributed by atoms with E-state index in [2.05, 4.69) is 0 Å². The van der Waals surface area contributed by atoms with Crippen LogP contribution in [-0.2, 0) is 11.8 Å². The van der Waals surface area contributed by atoms with Crippen LogP contribution in [0.15, 0.2) is 0 Å². The maximum atomic E-state index is 9.60. The van der Waals surface area contributed by atoms with Crippen LogP contribution in [0, 0.1) is 0 Å². The second-order valence-corrected chi connectivity index (χ2v) is 6.66. The molecule has 9 heavy (non-hydrogen) atoms. The molecule has 0 saturated carbocycles. The van der Waals surface area contributed by atoms with Crippen molar-refractivity contribution in [2.75, 3.05) is 6.16 Å². The fourth-order valence-corrected chi connectivity index (χ4v) is 4.47. The van der Waals surface area contributed by atoms with Crippen molar-refractivity contribution >= 4 is 44.7 Å². The van der Waals surface area contributed by atoms with Gasteiger partial charge in [0.15, 0.2) is 0 Å². The number of hydrogen-bond acceptors (Lipinski definition) is 2. The van der Waals surface area contributed by atoms with E-state index in [-0.39, 0.29) is 0 Å². The molecule has 0 aliphatic carbocycles. The second kappa shape index (κ2) is 4.92. The molecule has 2 atom stereocenters. The third-order valence-corrected chi connectivity index (χ3v) is 6.35. The minimum atomic E-state index is -1.46. The molecule has 0 aliphatic rings. The highest BCUT2D eigenvalue weighted by molar-refractivity contribution is 7.96. The van der Waals surface area contributed by atoms with E-state index in [9.17, 15) is 5.11 Å². The zero-order chi connectivity index (χ0) is 8.20. The lowest BCUT2D eigenvalue weighted by Crippen LogP contribution is -2.30. The van der Waals surface area contributed by atoms with Gasteiger partial charge in [-0.25, -0.2) is 0 Å². The first-order valence-electron chi connectivity index (χ1n) is 3.07. The topological polar surface area (TPSA) is 20.2 Å². The zero-order valence-corrected chi connectivity index (χ0v) is 9.26. The van der Waals surface area contributed by atoms with Crippen LogP contribution in [0.4, 0.5) is 0 Å². The Bertz CT molecular complexity index is 129. The number of rotatable bonds is 4. The van der Waals surface area contributed by atoms with Crippen molar-refractivity contribution in [3.63, 3.8) is 0 Å². The van der Waals surface area contributed by atoms with Crippen LogP contribution in [0.5, 0.6) is 0 Å². The molecule has 2 unspecified atom stereocenters. The number of hydrogen-bond donors (Lipinski definition) is 1. The van der Waals surface area contributed by atoms with Gasteiger partial charge in [-0.3, -0.25) is 0 Å². The molecule has 0 aromatic carbocycles. The van der Waals surface area contributed by atoms with Crippen LogP contribution in [0.1, 0.15) is 0 Å². The van der Waals surface area contributed by atoms with Crippen molar-refractivity contribution in [1.82, 2.24) is 0 Å². The molecule has 0 spiro atoms. The minimum absolute atomic E-state index is 0.497. The first-order valence-corrected chi connectivity index (χ1v) is 7.80. The van der Waals surface area contributed by atoms with Gasteiger partial charge < -0.3 is 5.11 Å². The average Bonchev–Trinajstić information content (AvgIpc) is 1.88. The lowest BCUT2D eigenvalue weighted by Gasteiger charge is -2.22. The molecular formula is C3H9BOP2SSi. The molecule has 0 bridgehead atoms. The van der Waals surface area contributed by atoms with Crippen molar-refractivity contribution in [3.05, 3.63) is 0 Å². The van der Waals surface area contributed by atoms with Gasteiger partial charge >= 0.3 is 0 Å². The predicted octanol–water partition coefficient (Wildman–Crippen LogP) is 0.0195. The fraction of sp³-hybridized carbons (Fsp3) is 1.00. The Morgan fingerprint density at radius 3 is 2.89 bits per heavy atom. The van der Waals surface area contributed by atoms with E-state index in [1.807, 2.05) is 6.55 Å². The van der Waals surface area contributed by atoms with Gasteiger partial charge in [-0.05, 0) is 7.36 Å². The van der Waals surface area contributed by atoms with Crippen molar-refractivity contribution in [2.45, 2.75) is 11.5 Å². The molecule has 0 fully saturated rings. The van der Waals surface area contributed by atoms with E-state index in [0.717, 1.165) is 7.36 Å². The van der Waals surface area contributed by atoms with Gasteiger partial charge in [0.1, 0.15) is 7.57 Å². The molecule has 1 nitrogen and oxygen atoms in total. The molecule has 0 heterocycles. The molecule has 0 aromatic heterocycles. The Labute approximate surface area is 69.1 Å². The highest BCUT2D eigenvalue weighted by atomic mass is 32.4. The maximum absolute atomic E-state index is 9.60. The standard InChI is InChI=1S/C3H9BOP2SSi/c1-9-3(5,7-4)2-6-8/h5,7H,2,9H2,1H3/i7D. The van der Waals surface area contributed by atoms with Crippen molar-refractivity contribution in [1.29, 1.82) is 1.28 Å². The largest absolute Gasteiger partial charge is 0.390 e. The van der Waals surface area contributed by atoms with Gasteiger partial charge in [-0.1, -0.05) is 18.4 Å². The zero-order valence-electron chi connectivity index (χ0n) is 6.24. The van der Waals surface area contributed by atoms with E-state index in [0.29, 0.717) is 6.16 Å². The maximum Gasteiger partial charge on any atom is 0.107 e. The van der Waals surface area contributed by atoms with E-state index < -0.39 is 22.9 Å². The summed E-state index contributed by atoms with van der Waals surface area (Å²) in [6.07, 6.45) is 0.497. The first kappa shape index (κ1) is 8.29. The lowest BCUT2D eigenvalue weighted by atomic mass is 10.7. The van der Waals surface area contributed by atoms with Gasteiger partial charge in [-0.2, -0.15) is 0 Å². The summed E-state index contributed by atoms with van der Waals surface area (Å²) < 4.78 is 7.21. The average molecular weight is 195 g/mol. The summed E-state index contributed by atoms with van der Waals surface area (Å²) >= 11 is 4.69. The van der Waals surface area contributed by atoms with E-state index in [1.165, 1.54) is 0 Å². The fourth-order valence-electron chi connectivity index (χ4n) is 0.347. The van der Waals surface area contributed by atoms with Gasteiger partial charge in [0.05, 0.1) is 14.5 Å². The van der Waals surface area contributed by atoms with Crippen LogP contribution < -0.4 is 0 Å². The van der Waals surface area contributed by atoms with Gasteiger partial charge in [0.25, 0.3) is 0 Å². The summed E-state index contributed by atoms with van der Waals surface area (Å²) in [5.74, 6) is 0. The van der Waals surface area contributed by atoms with Crippen molar-refractivity contribution in [2.24, 2.45) is 0 Å². The molecule has 0 aromatic rings. The number of aliphatic hydroxyl groups is 1. The smallest absolute Gasteiger partial charge is 0.107 e. The Balaban J connectivity index is 4.07. The van der Waals surface area contributed by atoms with E-state index >= 15 is 0 Å². The van der Waals surface area contributed by atoms with Crippen LogP contribution in [0.3, 0.4) is 0 Å². The van der Waals surface area contributed by atoms with Crippen molar-refractivity contribution in [3.8, 4) is 0 Å². The Hall–Kier alpha value is 1.19. The van der Waals surface area contributed by atoms with Crippen LogP contribution >= 0.6 is 15.8 Å². The Morgan fingerprint density at radius 1 is 2.22 bits per heavy atom. The Kier molecular flexibility index (Phi) is 4.54. The highest BCUT2D eigenvalue weighted by Crippen LogP contribution is 2.26. The summed E-state index contributed by atoms with van der Waals surface area (Å²) in [5, 5.41) is 9.60. The van der Waals surface area contributed by atoms with Crippen LogP contribution in [0.2, 0.25) is 6.55 Å². The van der Waals surface area contributed by atoms with Crippen LogP contribution in [-0.4, -0.2) is 34.6 Å². The van der Waals surface area contributed by atoms with Gasteiger partial charge in [0, 0.05) is 7.44 Å². The lowest BCUT2D eigenvalue weighted by molar-refractivity contribution is 0.242. The van der Waals surface area contributed by atoms with Gasteiger partial charge in [-0.15, -0.1) is 8.40 Å². The van der Waals surface area contributed by atoms with Gasteiger partial charge in [0.2, 0.25) is 0 Å².